The highest BCUT2D eigenvalue weighted by Crippen LogP contribution is 2.43. The summed E-state index contributed by atoms with van der Waals surface area (Å²) < 4.78 is 29.7. The zero-order valence-corrected chi connectivity index (χ0v) is 20.9. The molecule has 6 rings (SSSR count). The number of halogens is 2. The van der Waals surface area contributed by atoms with E-state index in [0.29, 0.717) is 24.4 Å². The van der Waals surface area contributed by atoms with Gasteiger partial charge < -0.3 is 0 Å². The Kier molecular flexibility index (Phi) is 6.43. The third-order valence-corrected chi connectivity index (χ3v) is 7.33. The highest BCUT2D eigenvalue weighted by atomic mass is 19.1. The molecule has 0 spiro atoms. The largest absolute Gasteiger partial charge is 0.265 e. The van der Waals surface area contributed by atoms with Crippen LogP contribution in [0.4, 0.5) is 8.78 Å². The zero-order chi connectivity index (χ0) is 26.1. The maximum absolute atomic E-state index is 13.9. The van der Waals surface area contributed by atoms with Crippen LogP contribution in [0.5, 0.6) is 0 Å². The fraction of sp³-hybridized carbons (Fsp3) is 0.233. The number of piperidine rings is 1. The van der Waals surface area contributed by atoms with Gasteiger partial charge in [-0.2, -0.15) is 9.75 Å². The number of hydrogen-bond acceptors (Lipinski definition) is 4. The summed E-state index contributed by atoms with van der Waals surface area (Å²) in [6.45, 7) is 2.59. The van der Waals surface area contributed by atoms with Crippen molar-refractivity contribution in [2.45, 2.75) is 25.8 Å². The summed E-state index contributed by atoms with van der Waals surface area (Å²) in [7, 11) is 0. The molecule has 1 aliphatic heterocycles. The summed E-state index contributed by atoms with van der Waals surface area (Å²) in [4.78, 5) is 9.15. The van der Waals surface area contributed by atoms with Crippen LogP contribution in [0.2, 0.25) is 0 Å². The Hall–Kier alpha value is -4.01. The molecule has 2 aromatic carbocycles. The molecule has 0 saturated carbocycles. The Morgan fingerprint density at radius 3 is 2.03 bits per heavy atom. The van der Waals surface area contributed by atoms with Crippen molar-refractivity contribution < 1.29 is 18.6 Å². The van der Waals surface area contributed by atoms with Gasteiger partial charge in [0.15, 0.2) is 5.65 Å². The van der Waals surface area contributed by atoms with Gasteiger partial charge in [0, 0.05) is 40.7 Å². The van der Waals surface area contributed by atoms with Crippen molar-refractivity contribution in [3.05, 3.63) is 90.9 Å². The lowest BCUT2D eigenvalue weighted by molar-refractivity contribution is -1.10. The van der Waals surface area contributed by atoms with E-state index >= 15 is 0 Å². The van der Waals surface area contributed by atoms with Crippen LogP contribution in [0.3, 0.4) is 0 Å². The van der Waals surface area contributed by atoms with E-state index < -0.39 is 0 Å². The molecule has 5 aromatic rings. The SMILES string of the molecule is O[N+]1(CCn2cc3c(-c4ccc(F)cc4)c(-c4ccncc4)c(-c4ccc(F)cc4)nc3n2)CCCCC1. The number of quaternary nitrogens is 1. The van der Waals surface area contributed by atoms with Gasteiger partial charge in [-0.15, -0.1) is 0 Å². The number of benzene rings is 2. The minimum atomic E-state index is -0.331. The molecular formula is C30H28F2N5O+. The van der Waals surface area contributed by atoms with Gasteiger partial charge in [-0.3, -0.25) is 9.67 Å². The molecule has 38 heavy (non-hydrogen) atoms. The second-order valence-corrected chi connectivity index (χ2v) is 9.92. The fourth-order valence-electron chi connectivity index (χ4n) is 5.35. The number of rotatable bonds is 6. The van der Waals surface area contributed by atoms with Crippen LogP contribution in [0.25, 0.3) is 44.5 Å². The molecule has 0 bridgehead atoms. The predicted molar refractivity (Wildman–Crippen MR) is 142 cm³/mol. The highest BCUT2D eigenvalue weighted by Gasteiger charge is 2.28. The molecule has 6 nitrogen and oxygen atoms in total. The number of likely N-dealkylation sites (tertiary alicyclic amines) is 1. The molecule has 8 heteroatoms. The van der Waals surface area contributed by atoms with Gasteiger partial charge in [-0.05, 0) is 78.9 Å². The predicted octanol–water partition coefficient (Wildman–Crippen LogP) is 6.50. The lowest BCUT2D eigenvalue weighted by Crippen LogP contribution is -2.50. The van der Waals surface area contributed by atoms with Crippen molar-refractivity contribution in [2.75, 3.05) is 19.6 Å². The first-order chi connectivity index (χ1) is 18.5. The van der Waals surface area contributed by atoms with Crippen LogP contribution in [-0.2, 0) is 6.54 Å². The maximum atomic E-state index is 13.9. The third kappa shape index (κ3) is 4.80. The monoisotopic (exact) mass is 512 g/mol. The molecule has 0 radical (unpaired) electrons. The molecule has 1 aliphatic rings. The Labute approximate surface area is 219 Å². The summed E-state index contributed by atoms with van der Waals surface area (Å²) in [6.07, 6.45) is 8.58. The van der Waals surface area contributed by atoms with E-state index in [9.17, 15) is 14.0 Å². The number of nitrogens with zero attached hydrogens (tertiary/aromatic N) is 5. The van der Waals surface area contributed by atoms with E-state index in [1.54, 1.807) is 36.7 Å². The fourth-order valence-corrected chi connectivity index (χ4v) is 5.35. The van der Waals surface area contributed by atoms with Crippen molar-refractivity contribution >= 4 is 11.0 Å². The summed E-state index contributed by atoms with van der Waals surface area (Å²) >= 11 is 0. The van der Waals surface area contributed by atoms with Crippen molar-refractivity contribution in [1.29, 1.82) is 0 Å². The Morgan fingerprint density at radius 1 is 0.763 bits per heavy atom. The van der Waals surface area contributed by atoms with Gasteiger partial charge >= 0.3 is 0 Å². The summed E-state index contributed by atoms with van der Waals surface area (Å²) in [5.74, 6) is -0.653. The van der Waals surface area contributed by atoms with Crippen LogP contribution in [0.15, 0.2) is 79.3 Å². The second kappa shape index (κ2) is 10.0. The minimum absolute atomic E-state index is 0.0531. The molecule has 192 valence electrons. The van der Waals surface area contributed by atoms with Gasteiger partial charge in [-0.1, -0.05) is 12.1 Å². The van der Waals surface area contributed by atoms with Crippen LogP contribution in [-0.4, -0.2) is 49.2 Å². The van der Waals surface area contributed by atoms with E-state index in [4.69, 9.17) is 10.1 Å². The normalized spacial score (nSPS) is 15.1. The molecule has 1 N–H and O–H groups in total. The lowest BCUT2D eigenvalue weighted by atomic mass is 9.90. The van der Waals surface area contributed by atoms with Gasteiger partial charge in [0.25, 0.3) is 0 Å². The number of hydrogen-bond donors (Lipinski definition) is 1. The Bertz CT molecular complexity index is 1560. The van der Waals surface area contributed by atoms with Gasteiger partial charge in [0.05, 0.1) is 12.2 Å². The van der Waals surface area contributed by atoms with E-state index in [0.717, 1.165) is 65.6 Å². The van der Waals surface area contributed by atoms with Crippen molar-refractivity contribution in [3.8, 4) is 33.5 Å². The summed E-state index contributed by atoms with van der Waals surface area (Å²) in [5, 5.41) is 16.6. The minimum Gasteiger partial charge on any atom is -0.265 e. The van der Waals surface area contributed by atoms with Crippen LogP contribution in [0.1, 0.15) is 19.3 Å². The van der Waals surface area contributed by atoms with E-state index in [1.807, 2.05) is 23.0 Å². The van der Waals surface area contributed by atoms with E-state index in [1.165, 1.54) is 24.3 Å². The molecule has 3 aromatic heterocycles. The number of aromatic nitrogens is 4. The Balaban J connectivity index is 1.56. The molecule has 0 unspecified atom stereocenters. The van der Waals surface area contributed by atoms with Crippen LogP contribution in [0, 0.1) is 11.6 Å². The topological polar surface area (TPSA) is 63.8 Å². The average Bonchev–Trinajstić information content (AvgIpc) is 3.36. The first kappa shape index (κ1) is 24.3. The molecule has 1 fully saturated rings. The van der Waals surface area contributed by atoms with E-state index in [2.05, 4.69) is 4.98 Å². The van der Waals surface area contributed by atoms with Crippen molar-refractivity contribution in [2.24, 2.45) is 0 Å². The first-order valence-electron chi connectivity index (χ1n) is 12.9. The molecular weight excluding hydrogens is 484 g/mol. The summed E-state index contributed by atoms with van der Waals surface area (Å²) in [5.41, 5.74) is 5.31. The summed E-state index contributed by atoms with van der Waals surface area (Å²) in [6, 6.07) is 16.4. The molecule has 4 heterocycles. The van der Waals surface area contributed by atoms with Gasteiger partial charge in [0.2, 0.25) is 0 Å². The maximum Gasteiger partial charge on any atom is 0.182 e. The Morgan fingerprint density at radius 2 is 1.37 bits per heavy atom. The number of fused-ring (bicyclic) bond motifs is 1. The smallest absolute Gasteiger partial charge is 0.182 e. The molecule has 1 saturated heterocycles. The van der Waals surface area contributed by atoms with Gasteiger partial charge in [0.1, 0.15) is 31.3 Å². The standard InChI is InChI=1S/C30H28F2N5O/c31-24-8-4-21(5-9-24)27-26-20-36(16-19-37(38)17-2-1-3-18-37)35-30(26)34-29(23-6-10-25(32)11-7-23)28(27)22-12-14-33-15-13-22/h4-15,20,38H,1-3,16-19H2/q+1. The quantitative estimate of drug-likeness (QED) is 0.264. The lowest BCUT2D eigenvalue weighted by Gasteiger charge is -2.33. The number of pyridine rings is 2. The van der Waals surface area contributed by atoms with Crippen LogP contribution >= 0.6 is 0 Å². The zero-order valence-electron chi connectivity index (χ0n) is 20.9. The third-order valence-electron chi connectivity index (χ3n) is 7.33. The molecule has 0 aliphatic carbocycles. The average molecular weight is 513 g/mol. The van der Waals surface area contributed by atoms with Crippen molar-refractivity contribution in [1.82, 2.24) is 19.7 Å². The highest BCUT2D eigenvalue weighted by molar-refractivity contribution is 6.05. The van der Waals surface area contributed by atoms with E-state index in [-0.39, 0.29) is 16.3 Å². The van der Waals surface area contributed by atoms with Crippen LogP contribution < -0.4 is 0 Å². The second-order valence-electron chi connectivity index (χ2n) is 9.92. The molecule has 0 amide bonds. The number of hydroxylamine groups is 3. The first-order valence-corrected chi connectivity index (χ1v) is 12.9. The molecule has 0 atom stereocenters. The van der Waals surface area contributed by atoms with Crippen molar-refractivity contribution in [3.63, 3.8) is 0 Å². The van der Waals surface area contributed by atoms with Gasteiger partial charge in [-0.25, -0.2) is 19.0 Å².